The van der Waals surface area contributed by atoms with E-state index in [0.29, 0.717) is 5.56 Å². The Morgan fingerprint density at radius 1 is 1.21 bits per heavy atom. The molecule has 1 fully saturated rings. The predicted octanol–water partition coefficient (Wildman–Crippen LogP) is 3.32. The summed E-state index contributed by atoms with van der Waals surface area (Å²) in [6, 6.07) is 4.54. The van der Waals surface area contributed by atoms with Gasteiger partial charge in [0, 0.05) is 6.42 Å². The van der Waals surface area contributed by atoms with Crippen molar-refractivity contribution in [3.63, 3.8) is 0 Å². The smallest absolute Gasteiger partial charge is 0.142 e. The molecule has 1 aromatic carbocycles. The lowest BCUT2D eigenvalue weighted by Crippen LogP contribution is -2.36. The second-order valence-corrected chi connectivity index (χ2v) is 5.75. The Labute approximate surface area is 118 Å². The zero-order valence-electron chi connectivity index (χ0n) is 10.9. The molecule has 0 aromatic heterocycles. The summed E-state index contributed by atoms with van der Waals surface area (Å²) in [5.74, 6) is -0.338. The van der Waals surface area contributed by atoms with E-state index in [1.165, 1.54) is 12.5 Å². The summed E-state index contributed by atoms with van der Waals surface area (Å²) in [4.78, 5) is 0. The van der Waals surface area contributed by atoms with Crippen molar-refractivity contribution in [3.05, 3.63) is 34.6 Å². The molecule has 1 aromatic rings. The number of halogens is 2. The standard InChI is InChI=1S/C15H20ClFO2/c16-14-11(7-4-8-12(14)17)9-13(18)15(19)10-5-2-1-3-6-10/h4,7-8,10,13,15,18-19H,1-3,5-6,9H2. The van der Waals surface area contributed by atoms with Crippen LogP contribution in [0.4, 0.5) is 4.39 Å². The second kappa shape index (κ2) is 6.69. The monoisotopic (exact) mass is 286 g/mol. The molecule has 0 aliphatic heterocycles. The van der Waals surface area contributed by atoms with Crippen LogP contribution in [-0.4, -0.2) is 22.4 Å². The third-order valence-corrected chi connectivity index (χ3v) is 4.41. The van der Waals surface area contributed by atoms with Crippen molar-refractivity contribution in [1.82, 2.24) is 0 Å². The molecule has 0 heterocycles. The normalized spacial score (nSPS) is 20.2. The van der Waals surface area contributed by atoms with Crippen LogP contribution in [0.25, 0.3) is 0 Å². The molecule has 0 bridgehead atoms. The first-order chi connectivity index (χ1) is 9.09. The summed E-state index contributed by atoms with van der Waals surface area (Å²) in [6.45, 7) is 0. The van der Waals surface area contributed by atoms with Gasteiger partial charge in [0.1, 0.15) is 5.82 Å². The van der Waals surface area contributed by atoms with Crippen molar-refractivity contribution in [3.8, 4) is 0 Å². The first-order valence-corrected chi connectivity index (χ1v) is 7.26. The summed E-state index contributed by atoms with van der Waals surface area (Å²) in [5.41, 5.74) is 0.545. The zero-order chi connectivity index (χ0) is 13.8. The molecule has 19 heavy (non-hydrogen) atoms. The first kappa shape index (κ1) is 14.8. The highest BCUT2D eigenvalue weighted by molar-refractivity contribution is 6.31. The molecule has 0 saturated heterocycles. The number of rotatable bonds is 4. The Kier molecular flexibility index (Phi) is 5.20. The van der Waals surface area contributed by atoms with Crippen LogP contribution in [0.15, 0.2) is 18.2 Å². The molecule has 1 aliphatic carbocycles. The van der Waals surface area contributed by atoms with Crippen LogP contribution in [0, 0.1) is 11.7 Å². The van der Waals surface area contributed by atoms with Gasteiger partial charge in [0.15, 0.2) is 0 Å². The maximum atomic E-state index is 13.3. The Morgan fingerprint density at radius 3 is 2.58 bits per heavy atom. The SMILES string of the molecule is OC(Cc1cccc(F)c1Cl)C(O)C1CCCCC1. The van der Waals surface area contributed by atoms with Gasteiger partial charge >= 0.3 is 0 Å². The van der Waals surface area contributed by atoms with Crippen molar-refractivity contribution >= 4 is 11.6 Å². The van der Waals surface area contributed by atoms with Crippen LogP contribution >= 0.6 is 11.6 Å². The van der Waals surface area contributed by atoms with Gasteiger partial charge in [-0.05, 0) is 30.4 Å². The number of benzene rings is 1. The highest BCUT2D eigenvalue weighted by Gasteiger charge is 2.28. The minimum absolute atomic E-state index is 0.0393. The maximum Gasteiger partial charge on any atom is 0.142 e. The van der Waals surface area contributed by atoms with E-state index in [9.17, 15) is 14.6 Å². The fraction of sp³-hybridized carbons (Fsp3) is 0.600. The average Bonchev–Trinajstić information content (AvgIpc) is 2.44. The van der Waals surface area contributed by atoms with E-state index in [1.54, 1.807) is 12.1 Å². The lowest BCUT2D eigenvalue weighted by atomic mass is 9.82. The minimum atomic E-state index is -0.887. The molecule has 2 unspecified atom stereocenters. The van der Waals surface area contributed by atoms with Gasteiger partial charge in [-0.3, -0.25) is 0 Å². The predicted molar refractivity (Wildman–Crippen MR) is 73.7 cm³/mol. The molecule has 0 radical (unpaired) electrons. The quantitative estimate of drug-likeness (QED) is 0.891. The summed E-state index contributed by atoms with van der Waals surface area (Å²) in [5, 5.41) is 20.3. The van der Waals surface area contributed by atoms with E-state index in [2.05, 4.69) is 0 Å². The number of aliphatic hydroxyl groups is 2. The second-order valence-electron chi connectivity index (χ2n) is 5.37. The third kappa shape index (κ3) is 3.68. The fourth-order valence-corrected chi connectivity index (χ4v) is 3.05. The van der Waals surface area contributed by atoms with Crippen molar-refractivity contribution in [1.29, 1.82) is 0 Å². The van der Waals surface area contributed by atoms with Crippen LogP contribution in [0.5, 0.6) is 0 Å². The molecular weight excluding hydrogens is 267 g/mol. The largest absolute Gasteiger partial charge is 0.390 e. The van der Waals surface area contributed by atoms with Crippen molar-refractivity contribution in [2.75, 3.05) is 0 Å². The summed E-state index contributed by atoms with van der Waals surface area (Å²) in [7, 11) is 0. The van der Waals surface area contributed by atoms with Gasteiger partial charge in [0.2, 0.25) is 0 Å². The van der Waals surface area contributed by atoms with Crippen molar-refractivity contribution in [2.24, 2.45) is 5.92 Å². The van der Waals surface area contributed by atoms with Crippen LogP contribution in [-0.2, 0) is 6.42 Å². The highest BCUT2D eigenvalue weighted by atomic mass is 35.5. The molecule has 4 heteroatoms. The van der Waals surface area contributed by atoms with Gasteiger partial charge in [-0.2, -0.15) is 0 Å². The minimum Gasteiger partial charge on any atom is -0.390 e. The molecule has 0 spiro atoms. The zero-order valence-corrected chi connectivity index (χ0v) is 11.6. The van der Waals surface area contributed by atoms with Crippen LogP contribution in [0.1, 0.15) is 37.7 Å². The first-order valence-electron chi connectivity index (χ1n) is 6.88. The Bertz CT molecular complexity index is 419. The summed E-state index contributed by atoms with van der Waals surface area (Å²) in [6.07, 6.45) is 3.87. The van der Waals surface area contributed by atoms with Crippen molar-refractivity contribution < 1.29 is 14.6 Å². The number of hydrogen-bond acceptors (Lipinski definition) is 2. The molecule has 2 rings (SSSR count). The Balaban J connectivity index is 1.99. The van der Waals surface area contributed by atoms with E-state index in [0.717, 1.165) is 25.7 Å². The van der Waals surface area contributed by atoms with Gasteiger partial charge in [-0.15, -0.1) is 0 Å². The molecule has 2 atom stereocenters. The highest BCUT2D eigenvalue weighted by Crippen LogP contribution is 2.29. The average molecular weight is 287 g/mol. The lowest BCUT2D eigenvalue weighted by molar-refractivity contribution is -0.0263. The Hall–Kier alpha value is -0.640. The van der Waals surface area contributed by atoms with Gasteiger partial charge in [-0.1, -0.05) is 43.0 Å². The van der Waals surface area contributed by atoms with Crippen LogP contribution < -0.4 is 0 Å². The molecule has 1 aliphatic rings. The molecule has 1 saturated carbocycles. The lowest BCUT2D eigenvalue weighted by Gasteiger charge is -2.29. The van der Waals surface area contributed by atoms with Gasteiger partial charge in [0.25, 0.3) is 0 Å². The van der Waals surface area contributed by atoms with Gasteiger partial charge < -0.3 is 10.2 Å². The maximum absolute atomic E-state index is 13.3. The van der Waals surface area contributed by atoms with Gasteiger partial charge in [0.05, 0.1) is 17.2 Å². The van der Waals surface area contributed by atoms with E-state index in [1.807, 2.05) is 0 Å². The third-order valence-electron chi connectivity index (χ3n) is 3.99. The molecular formula is C15H20ClFO2. The molecule has 2 nitrogen and oxygen atoms in total. The molecule has 2 N–H and O–H groups in total. The summed E-state index contributed by atoms with van der Waals surface area (Å²) < 4.78 is 13.3. The fourth-order valence-electron chi connectivity index (χ4n) is 2.84. The topological polar surface area (TPSA) is 40.5 Å². The number of aliphatic hydroxyl groups excluding tert-OH is 2. The van der Waals surface area contributed by atoms with Crippen molar-refractivity contribution in [2.45, 2.75) is 50.7 Å². The van der Waals surface area contributed by atoms with Crippen LogP contribution in [0.3, 0.4) is 0 Å². The van der Waals surface area contributed by atoms with E-state index in [-0.39, 0.29) is 17.4 Å². The van der Waals surface area contributed by atoms with E-state index < -0.39 is 18.0 Å². The van der Waals surface area contributed by atoms with E-state index >= 15 is 0 Å². The molecule has 106 valence electrons. The molecule has 0 amide bonds. The van der Waals surface area contributed by atoms with Gasteiger partial charge in [-0.25, -0.2) is 4.39 Å². The summed E-state index contributed by atoms with van der Waals surface area (Å²) >= 11 is 5.86. The number of hydrogen-bond donors (Lipinski definition) is 2. The van der Waals surface area contributed by atoms with E-state index in [4.69, 9.17) is 11.6 Å². The van der Waals surface area contributed by atoms with Crippen LogP contribution in [0.2, 0.25) is 5.02 Å². The Morgan fingerprint density at radius 2 is 1.89 bits per heavy atom.